The number of carbonyl (C=O) groups excluding carboxylic acids is 2. The van der Waals surface area contributed by atoms with E-state index in [2.05, 4.69) is 10.6 Å². The van der Waals surface area contributed by atoms with Gasteiger partial charge in [0.15, 0.2) is 0 Å². The van der Waals surface area contributed by atoms with E-state index in [0.717, 1.165) is 5.69 Å². The Labute approximate surface area is 147 Å². The van der Waals surface area contributed by atoms with Gasteiger partial charge in [-0.25, -0.2) is 4.79 Å². The molecule has 132 valence electrons. The van der Waals surface area contributed by atoms with E-state index in [9.17, 15) is 9.59 Å². The van der Waals surface area contributed by atoms with Gasteiger partial charge < -0.3 is 20.1 Å². The molecule has 0 saturated heterocycles. The Bertz CT molecular complexity index is 759. The van der Waals surface area contributed by atoms with E-state index in [1.807, 2.05) is 6.92 Å². The third kappa shape index (κ3) is 4.73. The minimum Gasteiger partial charge on any atom is -0.497 e. The molecule has 2 aromatic rings. The number of anilines is 2. The molecule has 0 aromatic heterocycles. The van der Waals surface area contributed by atoms with Crippen molar-refractivity contribution in [2.24, 2.45) is 0 Å². The van der Waals surface area contributed by atoms with Crippen LogP contribution in [0, 0.1) is 0 Å². The summed E-state index contributed by atoms with van der Waals surface area (Å²) in [6.07, 6.45) is 0. The number of hydrogen-bond donors (Lipinski definition) is 2. The highest BCUT2D eigenvalue weighted by atomic mass is 16.5. The lowest BCUT2D eigenvalue weighted by atomic mass is 10.1. The number of benzene rings is 2. The summed E-state index contributed by atoms with van der Waals surface area (Å²) in [5.41, 5.74) is 2.08. The second kappa shape index (κ2) is 8.73. The summed E-state index contributed by atoms with van der Waals surface area (Å²) in [5.74, 6) is -0.124. The zero-order chi connectivity index (χ0) is 18.2. The molecule has 0 bridgehead atoms. The van der Waals surface area contributed by atoms with Gasteiger partial charge in [-0.05, 0) is 50.2 Å². The number of rotatable bonds is 7. The first kappa shape index (κ1) is 18.3. The number of methoxy groups -OCH3 is 1. The van der Waals surface area contributed by atoms with Crippen LogP contribution < -0.4 is 15.4 Å². The van der Waals surface area contributed by atoms with Crippen LogP contribution in [-0.2, 0) is 4.74 Å². The molecule has 0 radical (unpaired) electrons. The average Bonchev–Trinajstić information content (AvgIpc) is 2.63. The fourth-order valence-electron chi connectivity index (χ4n) is 2.29. The van der Waals surface area contributed by atoms with Gasteiger partial charge in [0, 0.05) is 12.1 Å². The monoisotopic (exact) mass is 342 g/mol. The minimum atomic E-state index is -0.428. The summed E-state index contributed by atoms with van der Waals surface area (Å²) in [4.78, 5) is 24.5. The molecule has 2 N–H and O–H groups in total. The van der Waals surface area contributed by atoms with Crippen molar-refractivity contribution >= 4 is 23.3 Å². The highest BCUT2D eigenvalue weighted by Crippen LogP contribution is 2.25. The summed E-state index contributed by atoms with van der Waals surface area (Å²) < 4.78 is 10.2. The Morgan fingerprint density at radius 1 is 1.00 bits per heavy atom. The van der Waals surface area contributed by atoms with E-state index < -0.39 is 5.97 Å². The van der Waals surface area contributed by atoms with Gasteiger partial charge in [-0.3, -0.25) is 4.79 Å². The molecule has 2 rings (SSSR count). The smallest absolute Gasteiger partial charge is 0.338 e. The Hall–Kier alpha value is -3.02. The third-order valence-corrected chi connectivity index (χ3v) is 3.48. The van der Waals surface area contributed by atoms with Crippen molar-refractivity contribution in [2.45, 2.75) is 13.8 Å². The first-order valence-corrected chi connectivity index (χ1v) is 8.09. The molecular weight excluding hydrogens is 320 g/mol. The lowest BCUT2D eigenvalue weighted by Crippen LogP contribution is -2.15. The fourth-order valence-corrected chi connectivity index (χ4v) is 2.29. The van der Waals surface area contributed by atoms with E-state index in [-0.39, 0.29) is 5.91 Å². The van der Waals surface area contributed by atoms with E-state index in [4.69, 9.17) is 9.47 Å². The van der Waals surface area contributed by atoms with Gasteiger partial charge in [0.2, 0.25) is 0 Å². The van der Waals surface area contributed by atoms with Crippen LogP contribution >= 0.6 is 0 Å². The van der Waals surface area contributed by atoms with Gasteiger partial charge in [-0.2, -0.15) is 0 Å². The van der Waals surface area contributed by atoms with Crippen molar-refractivity contribution in [2.75, 3.05) is 30.9 Å². The van der Waals surface area contributed by atoms with Gasteiger partial charge >= 0.3 is 5.97 Å². The number of carbonyl (C=O) groups is 2. The van der Waals surface area contributed by atoms with Gasteiger partial charge in [-0.15, -0.1) is 0 Å². The zero-order valence-electron chi connectivity index (χ0n) is 14.6. The average molecular weight is 342 g/mol. The first-order valence-electron chi connectivity index (χ1n) is 8.09. The largest absolute Gasteiger partial charge is 0.497 e. The number of ether oxygens (including phenoxy) is 2. The van der Waals surface area contributed by atoms with E-state index >= 15 is 0 Å². The molecule has 1 amide bonds. The molecule has 0 heterocycles. The third-order valence-electron chi connectivity index (χ3n) is 3.48. The van der Waals surface area contributed by atoms with Crippen LogP contribution in [0.2, 0.25) is 0 Å². The highest BCUT2D eigenvalue weighted by molar-refractivity contribution is 6.07. The quantitative estimate of drug-likeness (QED) is 0.753. The Balaban J connectivity index is 2.29. The SMILES string of the molecule is CCNc1ccc(C(=O)OCC)cc1NC(=O)c1cccc(OC)c1. The molecule has 2 aromatic carbocycles. The summed E-state index contributed by atoms with van der Waals surface area (Å²) in [7, 11) is 1.54. The summed E-state index contributed by atoms with van der Waals surface area (Å²) in [6.45, 7) is 4.67. The summed E-state index contributed by atoms with van der Waals surface area (Å²) >= 11 is 0. The summed E-state index contributed by atoms with van der Waals surface area (Å²) in [6, 6.07) is 11.9. The van der Waals surface area contributed by atoms with Crippen LogP contribution in [0.15, 0.2) is 42.5 Å². The second-order valence-electron chi connectivity index (χ2n) is 5.20. The minimum absolute atomic E-state index is 0.291. The maximum Gasteiger partial charge on any atom is 0.338 e. The van der Waals surface area contributed by atoms with E-state index in [1.165, 1.54) is 0 Å². The Kier molecular flexibility index (Phi) is 6.39. The van der Waals surface area contributed by atoms with Crippen LogP contribution in [0.25, 0.3) is 0 Å². The lowest BCUT2D eigenvalue weighted by molar-refractivity contribution is 0.0526. The molecule has 0 saturated carbocycles. The van der Waals surface area contributed by atoms with Gasteiger partial charge in [0.1, 0.15) is 5.75 Å². The standard InChI is InChI=1S/C19H22N2O4/c1-4-20-16-10-9-14(19(23)25-5-2)12-17(16)21-18(22)13-7-6-8-15(11-13)24-3/h6-12,20H,4-5H2,1-3H3,(H,21,22). The van der Waals surface area contributed by atoms with Crippen molar-refractivity contribution in [3.63, 3.8) is 0 Å². The Morgan fingerprint density at radius 2 is 1.80 bits per heavy atom. The van der Waals surface area contributed by atoms with Crippen LogP contribution in [0.4, 0.5) is 11.4 Å². The molecule has 0 aliphatic rings. The number of hydrogen-bond acceptors (Lipinski definition) is 5. The molecule has 0 unspecified atom stereocenters. The molecule has 6 heteroatoms. The maximum atomic E-state index is 12.5. The van der Waals surface area contributed by atoms with Gasteiger partial charge in [0.05, 0.1) is 30.7 Å². The van der Waals surface area contributed by atoms with Crippen LogP contribution in [0.3, 0.4) is 0 Å². The van der Waals surface area contributed by atoms with Gasteiger partial charge in [0.25, 0.3) is 5.91 Å². The van der Waals surface area contributed by atoms with Crippen molar-refractivity contribution in [3.8, 4) is 5.75 Å². The van der Waals surface area contributed by atoms with E-state index in [0.29, 0.717) is 35.7 Å². The van der Waals surface area contributed by atoms with Crippen LogP contribution in [0.1, 0.15) is 34.6 Å². The first-order chi connectivity index (χ1) is 12.1. The van der Waals surface area contributed by atoms with Crippen molar-refractivity contribution in [3.05, 3.63) is 53.6 Å². The number of amides is 1. The predicted octanol–water partition coefficient (Wildman–Crippen LogP) is 3.56. The summed E-state index contributed by atoms with van der Waals surface area (Å²) in [5, 5.41) is 6.00. The normalized spacial score (nSPS) is 10.0. The highest BCUT2D eigenvalue weighted by Gasteiger charge is 2.14. The van der Waals surface area contributed by atoms with Crippen molar-refractivity contribution < 1.29 is 19.1 Å². The van der Waals surface area contributed by atoms with Crippen LogP contribution in [0.5, 0.6) is 5.75 Å². The molecule has 0 spiro atoms. The fraction of sp³-hybridized carbons (Fsp3) is 0.263. The van der Waals surface area contributed by atoms with Crippen molar-refractivity contribution in [1.29, 1.82) is 0 Å². The van der Waals surface area contributed by atoms with Crippen LogP contribution in [-0.4, -0.2) is 32.1 Å². The van der Waals surface area contributed by atoms with E-state index in [1.54, 1.807) is 56.5 Å². The lowest BCUT2D eigenvalue weighted by Gasteiger charge is -2.14. The topological polar surface area (TPSA) is 76.7 Å². The molecule has 0 aliphatic carbocycles. The molecule has 0 atom stereocenters. The van der Waals surface area contributed by atoms with Gasteiger partial charge in [-0.1, -0.05) is 6.07 Å². The number of esters is 1. The zero-order valence-corrected chi connectivity index (χ0v) is 14.6. The molecule has 0 fully saturated rings. The molecule has 6 nitrogen and oxygen atoms in total. The maximum absolute atomic E-state index is 12.5. The number of nitrogens with one attached hydrogen (secondary N) is 2. The van der Waals surface area contributed by atoms with Crippen molar-refractivity contribution in [1.82, 2.24) is 0 Å². The second-order valence-corrected chi connectivity index (χ2v) is 5.20. The molecule has 25 heavy (non-hydrogen) atoms. The predicted molar refractivity (Wildman–Crippen MR) is 97.5 cm³/mol. The Morgan fingerprint density at radius 3 is 2.48 bits per heavy atom. The molecular formula is C19H22N2O4. The molecule has 0 aliphatic heterocycles.